The highest BCUT2D eigenvalue weighted by Crippen LogP contribution is 2.26. The zero-order chi connectivity index (χ0) is 15.6. The van der Waals surface area contributed by atoms with Gasteiger partial charge in [-0.2, -0.15) is 0 Å². The molecule has 1 heterocycles. The fourth-order valence-corrected chi connectivity index (χ4v) is 2.03. The van der Waals surface area contributed by atoms with Gasteiger partial charge >= 0.3 is 0 Å². The molecule has 2 aromatic rings. The number of ether oxygens (including phenoxy) is 1. The van der Waals surface area contributed by atoms with Crippen molar-refractivity contribution in [1.29, 1.82) is 0 Å². The fraction of sp³-hybridized carbons (Fsp3) is 0.143. The summed E-state index contributed by atoms with van der Waals surface area (Å²) in [6.07, 6.45) is 0. The molecule has 2 rings (SSSR count). The first-order chi connectivity index (χ1) is 9.92. The first kappa shape index (κ1) is 15.5. The van der Waals surface area contributed by atoms with Gasteiger partial charge in [-0.1, -0.05) is 23.2 Å². The highest BCUT2D eigenvalue weighted by atomic mass is 35.5. The van der Waals surface area contributed by atoms with E-state index in [1.807, 2.05) is 0 Å². The summed E-state index contributed by atoms with van der Waals surface area (Å²) in [5, 5.41) is 3.01. The van der Waals surface area contributed by atoms with Crippen LogP contribution in [0, 0.1) is 12.7 Å². The minimum atomic E-state index is -0.700. The van der Waals surface area contributed by atoms with Crippen LogP contribution in [-0.2, 0) is 0 Å². The summed E-state index contributed by atoms with van der Waals surface area (Å²) in [6.45, 7) is 1.67. The second-order valence-corrected chi connectivity index (χ2v) is 5.00. The molecule has 1 aromatic heterocycles. The fourth-order valence-electron chi connectivity index (χ4n) is 1.63. The minimum Gasteiger partial charge on any atom is -0.497 e. The second-order valence-electron chi connectivity index (χ2n) is 4.19. The molecule has 1 aromatic carbocycles. The van der Waals surface area contributed by atoms with Gasteiger partial charge < -0.3 is 10.1 Å². The van der Waals surface area contributed by atoms with Crippen molar-refractivity contribution in [2.24, 2.45) is 0 Å². The smallest absolute Gasteiger partial charge is 0.259 e. The molecule has 0 fully saturated rings. The number of benzene rings is 1. The molecule has 7 heteroatoms. The number of amides is 1. The Morgan fingerprint density at radius 1 is 1.29 bits per heavy atom. The number of nitrogens with zero attached hydrogens (tertiary/aromatic N) is 1. The van der Waals surface area contributed by atoms with Gasteiger partial charge in [-0.3, -0.25) is 4.79 Å². The van der Waals surface area contributed by atoms with Gasteiger partial charge in [-0.05, 0) is 25.1 Å². The van der Waals surface area contributed by atoms with Crippen LogP contribution >= 0.6 is 23.2 Å². The lowest BCUT2D eigenvalue weighted by Gasteiger charge is -2.09. The van der Waals surface area contributed by atoms with Gasteiger partial charge in [0, 0.05) is 6.07 Å². The van der Waals surface area contributed by atoms with Gasteiger partial charge in [-0.15, -0.1) is 0 Å². The van der Waals surface area contributed by atoms with Crippen molar-refractivity contribution < 1.29 is 13.9 Å². The van der Waals surface area contributed by atoms with E-state index in [2.05, 4.69) is 10.3 Å². The van der Waals surface area contributed by atoms with E-state index in [0.717, 1.165) is 6.07 Å². The highest BCUT2D eigenvalue weighted by Gasteiger charge is 2.15. The Bertz CT molecular complexity index is 708. The molecule has 0 saturated carbocycles. The van der Waals surface area contributed by atoms with Gasteiger partial charge in [0.15, 0.2) is 5.82 Å². The lowest BCUT2D eigenvalue weighted by Crippen LogP contribution is -2.15. The molecule has 0 aliphatic rings. The molecule has 0 radical (unpaired) electrons. The monoisotopic (exact) mass is 328 g/mol. The number of halogens is 3. The number of pyridine rings is 1. The number of nitrogens with one attached hydrogen (secondary N) is 1. The lowest BCUT2D eigenvalue weighted by atomic mass is 10.2. The van der Waals surface area contributed by atoms with Crippen molar-refractivity contribution in [3.8, 4) is 5.75 Å². The summed E-state index contributed by atoms with van der Waals surface area (Å²) in [5.41, 5.74) is 0.368. The van der Waals surface area contributed by atoms with Crippen molar-refractivity contribution >= 4 is 34.9 Å². The predicted octanol–water partition coefficient (Wildman–Crippen LogP) is 4.10. The number of aromatic nitrogens is 1. The van der Waals surface area contributed by atoms with E-state index in [-0.39, 0.29) is 16.4 Å². The SMILES string of the molecule is COc1ccc(C(=O)Nc2nc(C)c(Cl)cc2Cl)c(F)c1. The molecule has 0 atom stereocenters. The molecular formula is C14H11Cl2FN2O2. The first-order valence-corrected chi connectivity index (χ1v) is 6.65. The van der Waals surface area contributed by atoms with E-state index < -0.39 is 11.7 Å². The van der Waals surface area contributed by atoms with Crippen LogP contribution in [0.4, 0.5) is 10.2 Å². The molecule has 0 unspecified atom stereocenters. The summed E-state index contributed by atoms with van der Waals surface area (Å²) in [7, 11) is 1.41. The Labute approximate surface area is 130 Å². The largest absolute Gasteiger partial charge is 0.497 e. The molecule has 0 aliphatic heterocycles. The quantitative estimate of drug-likeness (QED) is 0.922. The maximum atomic E-state index is 13.8. The third-order valence-electron chi connectivity index (χ3n) is 2.76. The Kier molecular flexibility index (Phi) is 4.65. The van der Waals surface area contributed by atoms with E-state index >= 15 is 0 Å². The summed E-state index contributed by atoms with van der Waals surface area (Å²) in [4.78, 5) is 16.1. The van der Waals surface area contributed by atoms with Crippen LogP contribution in [-0.4, -0.2) is 18.0 Å². The molecule has 0 aliphatic carbocycles. The summed E-state index contributed by atoms with van der Waals surface area (Å²) in [5.74, 6) is -0.915. The number of hydrogen-bond acceptors (Lipinski definition) is 3. The molecular weight excluding hydrogens is 318 g/mol. The van der Waals surface area contributed by atoms with Crippen LogP contribution in [0.15, 0.2) is 24.3 Å². The number of carbonyl (C=O) groups is 1. The van der Waals surface area contributed by atoms with Gasteiger partial charge in [0.05, 0.1) is 28.4 Å². The van der Waals surface area contributed by atoms with Gasteiger partial charge in [0.25, 0.3) is 5.91 Å². The highest BCUT2D eigenvalue weighted by molar-refractivity contribution is 6.36. The average molecular weight is 329 g/mol. The van der Waals surface area contributed by atoms with Crippen molar-refractivity contribution in [3.63, 3.8) is 0 Å². The Hall–Kier alpha value is -1.85. The van der Waals surface area contributed by atoms with E-state index in [1.54, 1.807) is 6.92 Å². The topological polar surface area (TPSA) is 51.2 Å². The van der Waals surface area contributed by atoms with E-state index in [0.29, 0.717) is 16.5 Å². The van der Waals surface area contributed by atoms with E-state index in [1.165, 1.54) is 25.3 Å². The van der Waals surface area contributed by atoms with Crippen molar-refractivity contribution in [2.75, 3.05) is 12.4 Å². The van der Waals surface area contributed by atoms with Gasteiger partial charge in [0.2, 0.25) is 0 Å². The Balaban J connectivity index is 2.28. The number of anilines is 1. The second kappa shape index (κ2) is 6.28. The molecule has 21 heavy (non-hydrogen) atoms. The number of hydrogen-bond donors (Lipinski definition) is 1. The first-order valence-electron chi connectivity index (χ1n) is 5.90. The molecule has 0 saturated heterocycles. The van der Waals surface area contributed by atoms with Crippen LogP contribution < -0.4 is 10.1 Å². The Morgan fingerprint density at radius 2 is 2.00 bits per heavy atom. The molecule has 1 N–H and O–H groups in total. The van der Waals surface area contributed by atoms with E-state index in [4.69, 9.17) is 27.9 Å². The van der Waals surface area contributed by atoms with Crippen LogP contribution in [0.5, 0.6) is 5.75 Å². The minimum absolute atomic E-state index is 0.124. The summed E-state index contributed by atoms with van der Waals surface area (Å²) >= 11 is 11.8. The van der Waals surface area contributed by atoms with Crippen molar-refractivity contribution in [1.82, 2.24) is 4.98 Å². The number of rotatable bonds is 3. The van der Waals surface area contributed by atoms with Gasteiger partial charge in [-0.25, -0.2) is 9.37 Å². The summed E-state index contributed by atoms with van der Waals surface area (Å²) < 4.78 is 18.7. The van der Waals surface area contributed by atoms with Crippen LogP contribution in [0.25, 0.3) is 0 Å². The van der Waals surface area contributed by atoms with E-state index in [9.17, 15) is 9.18 Å². The normalized spacial score (nSPS) is 10.3. The van der Waals surface area contributed by atoms with Crippen LogP contribution in [0.2, 0.25) is 10.0 Å². The van der Waals surface area contributed by atoms with Crippen molar-refractivity contribution in [3.05, 3.63) is 51.4 Å². The molecule has 4 nitrogen and oxygen atoms in total. The number of aryl methyl sites for hydroxylation is 1. The average Bonchev–Trinajstić information content (AvgIpc) is 2.44. The number of methoxy groups -OCH3 is 1. The number of carbonyl (C=O) groups excluding carboxylic acids is 1. The zero-order valence-electron chi connectivity index (χ0n) is 11.2. The molecule has 110 valence electrons. The lowest BCUT2D eigenvalue weighted by molar-refractivity contribution is 0.102. The van der Waals surface area contributed by atoms with Crippen LogP contribution in [0.3, 0.4) is 0 Å². The molecule has 0 spiro atoms. The summed E-state index contributed by atoms with van der Waals surface area (Å²) in [6, 6.07) is 5.39. The third-order valence-corrected chi connectivity index (χ3v) is 3.43. The third kappa shape index (κ3) is 3.43. The standard InChI is InChI=1S/C14H11Cl2FN2O2/c1-7-10(15)6-11(16)13(18-7)19-14(20)9-4-3-8(21-2)5-12(9)17/h3-6H,1-2H3,(H,18,19,20). The Morgan fingerprint density at radius 3 is 2.62 bits per heavy atom. The maximum absolute atomic E-state index is 13.8. The van der Waals surface area contributed by atoms with Crippen molar-refractivity contribution in [2.45, 2.75) is 6.92 Å². The molecule has 1 amide bonds. The zero-order valence-corrected chi connectivity index (χ0v) is 12.7. The molecule has 0 bridgehead atoms. The van der Waals surface area contributed by atoms with Gasteiger partial charge in [0.1, 0.15) is 11.6 Å². The predicted molar refractivity (Wildman–Crippen MR) is 79.9 cm³/mol. The maximum Gasteiger partial charge on any atom is 0.259 e. The van der Waals surface area contributed by atoms with Crippen LogP contribution in [0.1, 0.15) is 16.1 Å².